The lowest BCUT2D eigenvalue weighted by Gasteiger charge is -2.20. The van der Waals surface area contributed by atoms with Gasteiger partial charge in [0, 0.05) is 4.83 Å². The van der Waals surface area contributed by atoms with Gasteiger partial charge in [-0.1, -0.05) is 47.3 Å². The van der Waals surface area contributed by atoms with Crippen LogP contribution in [0.15, 0.2) is 24.3 Å². The fourth-order valence-electron chi connectivity index (χ4n) is 2.72. The Morgan fingerprint density at radius 3 is 2.63 bits per heavy atom. The van der Waals surface area contributed by atoms with Gasteiger partial charge in [0.2, 0.25) is 0 Å². The van der Waals surface area contributed by atoms with Crippen LogP contribution in [0.2, 0.25) is 0 Å². The summed E-state index contributed by atoms with van der Waals surface area (Å²) in [6.07, 6.45) is 7.85. The summed E-state index contributed by atoms with van der Waals surface area (Å²) in [4.78, 5) is 0.663. The van der Waals surface area contributed by atoms with Crippen molar-refractivity contribution >= 4 is 15.9 Å². The highest BCUT2D eigenvalue weighted by Gasteiger charge is 2.21. The van der Waals surface area contributed by atoms with Crippen LogP contribution in [0.5, 0.6) is 11.5 Å². The number of hydrogen-bond acceptors (Lipinski definition) is 2. The molecule has 0 spiro atoms. The van der Waals surface area contributed by atoms with Gasteiger partial charge in [0.1, 0.15) is 0 Å². The third-order valence-corrected chi connectivity index (χ3v) is 5.09. The van der Waals surface area contributed by atoms with E-state index >= 15 is 0 Å². The fourth-order valence-corrected chi connectivity index (χ4v) is 3.58. The van der Waals surface area contributed by atoms with Crippen molar-refractivity contribution in [1.82, 2.24) is 0 Å². The molecule has 1 aromatic rings. The van der Waals surface area contributed by atoms with Gasteiger partial charge in [-0.25, -0.2) is 0 Å². The van der Waals surface area contributed by atoms with E-state index in [2.05, 4.69) is 15.9 Å². The molecule has 0 aliphatic heterocycles. The third-order valence-electron chi connectivity index (χ3n) is 3.88. The predicted molar refractivity (Wildman–Crippen MR) is 82.4 cm³/mol. The number of methoxy groups -OCH3 is 1. The second kappa shape index (κ2) is 7.78. The van der Waals surface area contributed by atoms with Crippen molar-refractivity contribution in [3.05, 3.63) is 24.3 Å². The Kier molecular flexibility index (Phi) is 6.02. The molecular weight excluding hydrogens is 304 g/mol. The van der Waals surface area contributed by atoms with Gasteiger partial charge >= 0.3 is 0 Å². The monoisotopic (exact) mass is 326 g/mol. The number of rotatable bonds is 5. The van der Waals surface area contributed by atoms with Crippen molar-refractivity contribution < 1.29 is 9.47 Å². The molecular formula is C16H23BrO2. The quantitative estimate of drug-likeness (QED) is 0.571. The lowest BCUT2D eigenvalue weighted by molar-refractivity contribution is 0.258. The van der Waals surface area contributed by atoms with E-state index < -0.39 is 0 Å². The van der Waals surface area contributed by atoms with Crippen LogP contribution in [0.3, 0.4) is 0 Å². The number of benzene rings is 1. The SMILES string of the molecule is COc1ccccc1OCCC1CCCCCC1Br. The zero-order valence-electron chi connectivity index (χ0n) is 11.6. The third kappa shape index (κ3) is 4.41. The van der Waals surface area contributed by atoms with Crippen LogP contribution in [-0.2, 0) is 0 Å². The molecule has 1 fully saturated rings. The first-order chi connectivity index (χ1) is 9.31. The Hall–Kier alpha value is -0.700. The van der Waals surface area contributed by atoms with Crippen LogP contribution in [0.4, 0.5) is 0 Å². The minimum absolute atomic E-state index is 0.663. The van der Waals surface area contributed by atoms with E-state index in [0.717, 1.165) is 30.4 Å². The highest BCUT2D eigenvalue weighted by atomic mass is 79.9. The number of para-hydroxylation sites is 2. The minimum Gasteiger partial charge on any atom is -0.493 e. The topological polar surface area (TPSA) is 18.5 Å². The van der Waals surface area contributed by atoms with Gasteiger partial charge in [-0.05, 0) is 37.3 Å². The largest absolute Gasteiger partial charge is 0.493 e. The molecule has 0 heterocycles. The molecule has 0 saturated heterocycles. The van der Waals surface area contributed by atoms with Crippen LogP contribution in [-0.4, -0.2) is 18.5 Å². The van der Waals surface area contributed by atoms with Gasteiger partial charge in [-0.3, -0.25) is 0 Å². The summed E-state index contributed by atoms with van der Waals surface area (Å²) in [7, 11) is 1.68. The Labute approximate surface area is 124 Å². The van der Waals surface area contributed by atoms with Crippen LogP contribution in [0.1, 0.15) is 38.5 Å². The molecule has 1 aliphatic carbocycles. The number of halogens is 1. The molecule has 2 unspecified atom stereocenters. The van der Waals surface area contributed by atoms with Gasteiger partial charge in [0.05, 0.1) is 13.7 Å². The molecule has 0 bridgehead atoms. The minimum atomic E-state index is 0.663. The standard InChI is InChI=1S/C16H23BrO2/c1-18-15-9-5-6-10-16(15)19-12-11-13-7-3-2-4-8-14(13)17/h5-6,9-10,13-14H,2-4,7-8,11-12H2,1H3. The Morgan fingerprint density at radius 2 is 1.84 bits per heavy atom. The molecule has 2 nitrogen and oxygen atoms in total. The summed E-state index contributed by atoms with van der Waals surface area (Å²) in [6.45, 7) is 0.771. The summed E-state index contributed by atoms with van der Waals surface area (Å²) in [6, 6.07) is 7.86. The van der Waals surface area contributed by atoms with Crippen LogP contribution in [0, 0.1) is 5.92 Å². The Bertz CT molecular complexity index is 381. The lowest BCUT2D eigenvalue weighted by Crippen LogP contribution is -2.16. The number of alkyl halides is 1. The smallest absolute Gasteiger partial charge is 0.161 e. The molecule has 0 N–H and O–H groups in total. The van der Waals surface area contributed by atoms with E-state index in [1.165, 1.54) is 32.1 Å². The van der Waals surface area contributed by atoms with Gasteiger partial charge in [0.25, 0.3) is 0 Å². The first kappa shape index (κ1) is 14.7. The van der Waals surface area contributed by atoms with Crippen LogP contribution in [0.25, 0.3) is 0 Å². The lowest BCUT2D eigenvalue weighted by atomic mass is 9.97. The predicted octanol–water partition coefficient (Wildman–Crippen LogP) is 4.81. The normalized spacial score (nSPS) is 23.7. The number of ether oxygens (including phenoxy) is 2. The Morgan fingerprint density at radius 1 is 1.11 bits per heavy atom. The molecule has 1 aromatic carbocycles. The molecule has 2 atom stereocenters. The molecule has 1 saturated carbocycles. The molecule has 0 radical (unpaired) electrons. The molecule has 0 amide bonds. The van der Waals surface area contributed by atoms with E-state index in [4.69, 9.17) is 9.47 Å². The summed E-state index contributed by atoms with van der Waals surface area (Å²) < 4.78 is 11.2. The van der Waals surface area contributed by atoms with Gasteiger partial charge < -0.3 is 9.47 Å². The fraction of sp³-hybridized carbons (Fsp3) is 0.625. The van der Waals surface area contributed by atoms with Crippen LogP contribution >= 0.6 is 15.9 Å². The summed E-state index contributed by atoms with van der Waals surface area (Å²) in [5, 5.41) is 0. The van der Waals surface area contributed by atoms with Crippen molar-refractivity contribution in [2.24, 2.45) is 5.92 Å². The highest BCUT2D eigenvalue weighted by molar-refractivity contribution is 9.09. The summed E-state index contributed by atoms with van der Waals surface area (Å²) in [5.41, 5.74) is 0. The maximum Gasteiger partial charge on any atom is 0.161 e. The van der Waals surface area contributed by atoms with Crippen LogP contribution < -0.4 is 9.47 Å². The zero-order chi connectivity index (χ0) is 13.5. The first-order valence-electron chi connectivity index (χ1n) is 7.21. The maximum atomic E-state index is 5.87. The molecule has 0 aromatic heterocycles. The molecule has 2 rings (SSSR count). The van der Waals surface area contributed by atoms with Crippen molar-refractivity contribution in [3.8, 4) is 11.5 Å². The van der Waals surface area contributed by atoms with E-state index in [1.54, 1.807) is 7.11 Å². The molecule has 1 aliphatic rings. The highest BCUT2D eigenvalue weighted by Crippen LogP contribution is 2.32. The average molecular weight is 327 g/mol. The molecule has 19 heavy (non-hydrogen) atoms. The zero-order valence-corrected chi connectivity index (χ0v) is 13.2. The van der Waals surface area contributed by atoms with E-state index in [1.807, 2.05) is 24.3 Å². The van der Waals surface area contributed by atoms with E-state index in [0.29, 0.717) is 4.83 Å². The maximum absolute atomic E-state index is 5.87. The number of hydrogen-bond donors (Lipinski definition) is 0. The van der Waals surface area contributed by atoms with Crippen molar-refractivity contribution in [1.29, 1.82) is 0 Å². The van der Waals surface area contributed by atoms with Gasteiger partial charge in [0.15, 0.2) is 11.5 Å². The second-order valence-corrected chi connectivity index (χ2v) is 6.38. The van der Waals surface area contributed by atoms with Gasteiger partial charge in [-0.2, -0.15) is 0 Å². The van der Waals surface area contributed by atoms with E-state index in [9.17, 15) is 0 Å². The van der Waals surface area contributed by atoms with Crippen molar-refractivity contribution in [2.45, 2.75) is 43.4 Å². The molecule has 3 heteroatoms. The Balaban J connectivity index is 1.82. The van der Waals surface area contributed by atoms with E-state index in [-0.39, 0.29) is 0 Å². The average Bonchev–Trinajstić information content (AvgIpc) is 2.64. The van der Waals surface area contributed by atoms with Crippen molar-refractivity contribution in [3.63, 3.8) is 0 Å². The summed E-state index contributed by atoms with van der Waals surface area (Å²) in [5.74, 6) is 2.42. The van der Waals surface area contributed by atoms with Gasteiger partial charge in [-0.15, -0.1) is 0 Å². The first-order valence-corrected chi connectivity index (χ1v) is 8.12. The summed E-state index contributed by atoms with van der Waals surface area (Å²) >= 11 is 3.84. The molecule has 106 valence electrons. The second-order valence-electron chi connectivity index (χ2n) is 5.20. The van der Waals surface area contributed by atoms with Crippen molar-refractivity contribution in [2.75, 3.05) is 13.7 Å².